The molecule has 0 amide bonds. The molecule has 27 heavy (non-hydrogen) atoms. The van der Waals surface area contributed by atoms with E-state index in [1.165, 1.54) is 24.3 Å². The Morgan fingerprint density at radius 2 is 1.74 bits per heavy atom. The zero-order valence-corrected chi connectivity index (χ0v) is 16.4. The minimum atomic E-state index is -4.72. The zero-order chi connectivity index (χ0) is 20.1. The lowest BCUT2D eigenvalue weighted by molar-refractivity contribution is 0.325. The molecule has 9 nitrogen and oxygen atoms in total. The molecule has 11 heteroatoms. The van der Waals surface area contributed by atoms with Crippen LogP contribution in [0, 0.1) is 0 Å². The Morgan fingerprint density at radius 3 is 2.26 bits per heavy atom. The average Bonchev–Trinajstić information content (AvgIpc) is 2.59. The fourth-order valence-electron chi connectivity index (χ4n) is 2.41. The van der Waals surface area contributed by atoms with Crippen LogP contribution in [0.25, 0.3) is 0 Å². The van der Waals surface area contributed by atoms with Gasteiger partial charge in [0.2, 0.25) is 0 Å². The Morgan fingerprint density at radius 1 is 1.07 bits per heavy atom. The van der Waals surface area contributed by atoms with Gasteiger partial charge in [0.05, 0.1) is 18.4 Å². The van der Waals surface area contributed by atoms with Crippen molar-refractivity contribution < 1.29 is 33.4 Å². The molecule has 1 atom stereocenters. The predicted octanol–water partition coefficient (Wildman–Crippen LogP) is 1.99. The summed E-state index contributed by atoms with van der Waals surface area (Å²) in [6.07, 6.45) is 0.771. The second-order valence-electron chi connectivity index (χ2n) is 5.98. The van der Waals surface area contributed by atoms with Crippen LogP contribution in [-0.2, 0) is 9.13 Å². The SMILES string of the molecule is CN(CCOc1ccc(C(CP(=O)(O)O)P(=O)(O)O)cc1)c1ccccn1. The maximum Gasteiger partial charge on any atom is 0.333 e. The summed E-state index contributed by atoms with van der Waals surface area (Å²) in [4.78, 5) is 43.1. The number of rotatable bonds is 9. The standard InChI is InChI=1S/C16H22N2O7P2/c1-18(16-4-2-3-9-17-16)10-11-25-14-7-5-13(6-8-14)15(27(22,23)24)12-26(19,20)21/h2-9,15H,10-12H2,1H3,(H2,19,20,21)(H2,22,23,24). The monoisotopic (exact) mass is 416 g/mol. The molecule has 0 aliphatic heterocycles. The highest BCUT2D eigenvalue weighted by Crippen LogP contribution is 2.57. The van der Waals surface area contributed by atoms with Crippen molar-refractivity contribution in [3.8, 4) is 5.75 Å². The molecule has 2 rings (SSSR count). The van der Waals surface area contributed by atoms with Gasteiger partial charge in [-0.15, -0.1) is 0 Å². The van der Waals surface area contributed by atoms with Gasteiger partial charge in [-0.2, -0.15) is 0 Å². The molecule has 0 bridgehead atoms. The molecule has 1 heterocycles. The van der Waals surface area contributed by atoms with E-state index in [1.54, 1.807) is 6.20 Å². The molecule has 0 radical (unpaired) electrons. The summed E-state index contributed by atoms with van der Waals surface area (Å²) >= 11 is 0. The van der Waals surface area contributed by atoms with E-state index in [2.05, 4.69) is 4.98 Å². The van der Waals surface area contributed by atoms with Crippen LogP contribution in [0.3, 0.4) is 0 Å². The molecule has 0 saturated carbocycles. The number of benzene rings is 1. The second-order valence-corrected chi connectivity index (χ2v) is 9.48. The Balaban J connectivity index is 1.97. The summed E-state index contributed by atoms with van der Waals surface area (Å²) in [6.45, 7) is 0.929. The summed E-state index contributed by atoms with van der Waals surface area (Å²) in [5.74, 6) is 1.28. The van der Waals surface area contributed by atoms with Crippen LogP contribution in [-0.4, -0.2) is 50.9 Å². The van der Waals surface area contributed by atoms with E-state index in [9.17, 15) is 18.9 Å². The third-order valence-corrected chi connectivity index (χ3v) is 6.24. The van der Waals surface area contributed by atoms with E-state index >= 15 is 0 Å². The summed E-state index contributed by atoms with van der Waals surface area (Å²) in [6, 6.07) is 11.4. The number of anilines is 1. The number of pyridine rings is 1. The van der Waals surface area contributed by atoms with Crippen molar-refractivity contribution in [2.45, 2.75) is 5.66 Å². The first-order valence-electron chi connectivity index (χ1n) is 8.01. The molecule has 4 N–H and O–H groups in total. The van der Waals surface area contributed by atoms with Crippen LogP contribution < -0.4 is 9.64 Å². The number of ether oxygens (including phenoxy) is 1. The first-order valence-corrected chi connectivity index (χ1v) is 11.5. The van der Waals surface area contributed by atoms with Crippen molar-refractivity contribution in [3.63, 3.8) is 0 Å². The quantitative estimate of drug-likeness (QED) is 0.452. The topological polar surface area (TPSA) is 140 Å². The molecule has 0 saturated heterocycles. The highest BCUT2D eigenvalue weighted by atomic mass is 31.2. The van der Waals surface area contributed by atoms with Gasteiger partial charge in [0.25, 0.3) is 0 Å². The van der Waals surface area contributed by atoms with Gasteiger partial charge in [-0.05, 0) is 29.8 Å². The number of likely N-dealkylation sites (N-methyl/N-ethyl adjacent to an activating group) is 1. The van der Waals surface area contributed by atoms with E-state index in [0.717, 1.165) is 5.82 Å². The van der Waals surface area contributed by atoms with Gasteiger partial charge in [-0.1, -0.05) is 18.2 Å². The Labute approximate surface area is 157 Å². The van der Waals surface area contributed by atoms with E-state index in [-0.39, 0.29) is 5.56 Å². The number of hydrogen-bond acceptors (Lipinski definition) is 5. The zero-order valence-electron chi connectivity index (χ0n) is 14.6. The van der Waals surface area contributed by atoms with Crippen molar-refractivity contribution in [2.24, 2.45) is 0 Å². The summed E-state index contributed by atoms with van der Waals surface area (Å²) in [5, 5.41) is 0. The van der Waals surface area contributed by atoms with Gasteiger partial charge in [0.1, 0.15) is 18.2 Å². The maximum atomic E-state index is 11.6. The van der Waals surface area contributed by atoms with Gasteiger partial charge in [-0.3, -0.25) is 9.13 Å². The van der Waals surface area contributed by atoms with Crippen LogP contribution in [0.15, 0.2) is 48.7 Å². The van der Waals surface area contributed by atoms with Gasteiger partial charge in [-0.25, -0.2) is 4.98 Å². The smallest absolute Gasteiger partial charge is 0.333 e. The molecule has 2 aromatic rings. The van der Waals surface area contributed by atoms with Gasteiger partial charge in [0.15, 0.2) is 0 Å². The molecular formula is C16H22N2O7P2. The molecule has 1 unspecified atom stereocenters. The highest BCUT2D eigenvalue weighted by Gasteiger charge is 2.36. The first-order chi connectivity index (χ1) is 12.6. The van der Waals surface area contributed by atoms with Gasteiger partial charge >= 0.3 is 15.2 Å². The fraction of sp³-hybridized carbons (Fsp3) is 0.312. The van der Waals surface area contributed by atoms with Crippen LogP contribution in [0.1, 0.15) is 11.2 Å². The van der Waals surface area contributed by atoms with Crippen LogP contribution in [0.4, 0.5) is 5.82 Å². The molecule has 0 aliphatic rings. The fourth-order valence-corrected chi connectivity index (χ4v) is 5.12. The molecule has 1 aromatic carbocycles. The van der Waals surface area contributed by atoms with E-state index in [4.69, 9.17) is 14.5 Å². The van der Waals surface area contributed by atoms with Crippen molar-refractivity contribution in [2.75, 3.05) is 31.3 Å². The molecule has 148 valence electrons. The van der Waals surface area contributed by atoms with Crippen molar-refractivity contribution in [1.82, 2.24) is 4.98 Å². The second kappa shape index (κ2) is 8.97. The first kappa shape index (κ1) is 21.6. The Bertz CT molecular complexity index is 820. The van der Waals surface area contributed by atoms with E-state index in [0.29, 0.717) is 18.9 Å². The van der Waals surface area contributed by atoms with Gasteiger partial charge < -0.3 is 29.2 Å². The van der Waals surface area contributed by atoms with Crippen LogP contribution in [0.2, 0.25) is 0 Å². The maximum absolute atomic E-state index is 11.6. The molecule has 0 fully saturated rings. The predicted molar refractivity (Wildman–Crippen MR) is 101 cm³/mol. The number of aromatic nitrogens is 1. The lowest BCUT2D eigenvalue weighted by Gasteiger charge is -2.20. The third-order valence-electron chi connectivity index (χ3n) is 3.82. The largest absolute Gasteiger partial charge is 0.492 e. The van der Waals surface area contributed by atoms with E-state index < -0.39 is 27.0 Å². The summed E-state index contributed by atoms with van der Waals surface area (Å²) < 4.78 is 28.4. The van der Waals surface area contributed by atoms with Gasteiger partial charge in [0, 0.05) is 13.2 Å². The lowest BCUT2D eigenvalue weighted by Crippen LogP contribution is -2.24. The Kier molecular flexibility index (Phi) is 7.17. The Hall–Kier alpha value is -1.73. The summed E-state index contributed by atoms with van der Waals surface area (Å²) in [5.41, 5.74) is -1.42. The molecular weight excluding hydrogens is 394 g/mol. The van der Waals surface area contributed by atoms with Crippen LogP contribution in [0.5, 0.6) is 5.75 Å². The normalized spacial score (nSPS) is 13.2. The molecule has 0 aliphatic carbocycles. The van der Waals surface area contributed by atoms with Crippen molar-refractivity contribution in [3.05, 3.63) is 54.2 Å². The third kappa shape index (κ3) is 7.07. The molecule has 1 aromatic heterocycles. The average molecular weight is 416 g/mol. The van der Waals surface area contributed by atoms with E-state index in [1.807, 2.05) is 30.1 Å². The number of hydrogen-bond donors (Lipinski definition) is 4. The lowest BCUT2D eigenvalue weighted by atomic mass is 10.1. The number of nitrogens with zero attached hydrogens (tertiary/aromatic N) is 2. The minimum absolute atomic E-state index is 0.143. The van der Waals surface area contributed by atoms with Crippen LogP contribution >= 0.6 is 15.2 Å². The highest BCUT2D eigenvalue weighted by molar-refractivity contribution is 7.56. The summed E-state index contributed by atoms with van der Waals surface area (Å²) in [7, 11) is -7.44. The molecule has 0 spiro atoms. The van der Waals surface area contributed by atoms with Crippen molar-refractivity contribution >= 4 is 21.0 Å². The van der Waals surface area contributed by atoms with Crippen molar-refractivity contribution in [1.29, 1.82) is 0 Å². The minimum Gasteiger partial charge on any atom is -0.492 e.